The van der Waals surface area contributed by atoms with E-state index in [1.165, 1.54) is 0 Å². The fraction of sp³-hybridized carbons (Fsp3) is 0.333. The fourth-order valence-electron chi connectivity index (χ4n) is 1.03. The van der Waals surface area contributed by atoms with Gasteiger partial charge in [-0.15, -0.1) is 0 Å². The molecule has 1 aromatic carbocycles. The van der Waals surface area contributed by atoms with Gasteiger partial charge in [-0.3, -0.25) is 0 Å². The molecule has 0 N–H and O–H groups in total. The van der Waals surface area contributed by atoms with Gasteiger partial charge in [0.25, 0.3) is 0 Å². The summed E-state index contributed by atoms with van der Waals surface area (Å²) in [4.78, 5) is 0. The molecule has 0 amide bonds. The van der Waals surface area contributed by atoms with Crippen molar-refractivity contribution in [1.82, 2.24) is 0 Å². The Morgan fingerprint density at radius 2 is 1.46 bits per heavy atom. The molecular formula is C9H11BrO3. The summed E-state index contributed by atoms with van der Waals surface area (Å²) in [5.74, 6) is 2.04. The highest BCUT2D eigenvalue weighted by Gasteiger charge is 2.12. The van der Waals surface area contributed by atoms with Crippen molar-refractivity contribution in [2.75, 3.05) is 21.3 Å². The van der Waals surface area contributed by atoms with E-state index in [0.29, 0.717) is 11.5 Å². The van der Waals surface area contributed by atoms with E-state index >= 15 is 0 Å². The molecule has 0 spiro atoms. The van der Waals surface area contributed by atoms with Gasteiger partial charge in [-0.05, 0) is 28.1 Å². The second kappa shape index (κ2) is 4.37. The predicted molar refractivity (Wildman–Crippen MR) is 53.8 cm³/mol. The van der Waals surface area contributed by atoms with E-state index in [-0.39, 0.29) is 0 Å². The van der Waals surface area contributed by atoms with Crippen LogP contribution in [0.3, 0.4) is 0 Å². The number of rotatable bonds is 3. The first-order chi connectivity index (χ1) is 6.24. The standard InChI is InChI=1S/C9H11BrO3/c1-11-6-4-5-7(12-2)9(13-3)8(6)10/h4-5H,1-3H3. The third kappa shape index (κ3) is 1.88. The largest absolute Gasteiger partial charge is 0.495 e. The minimum absolute atomic E-state index is 0.641. The molecule has 3 nitrogen and oxygen atoms in total. The van der Waals surface area contributed by atoms with Crippen LogP contribution in [0, 0.1) is 0 Å². The lowest BCUT2D eigenvalue weighted by Crippen LogP contribution is -1.93. The molecule has 1 rings (SSSR count). The minimum atomic E-state index is 0.641. The maximum atomic E-state index is 5.16. The van der Waals surface area contributed by atoms with Crippen molar-refractivity contribution in [1.29, 1.82) is 0 Å². The third-order valence-electron chi connectivity index (χ3n) is 1.67. The van der Waals surface area contributed by atoms with Crippen molar-refractivity contribution in [2.45, 2.75) is 0 Å². The number of halogens is 1. The zero-order valence-electron chi connectivity index (χ0n) is 7.76. The Morgan fingerprint density at radius 1 is 0.923 bits per heavy atom. The van der Waals surface area contributed by atoms with E-state index in [0.717, 1.165) is 10.2 Å². The monoisotopic (exact) mass is 246 g/mol. The average Bonchev–Trinajstić information content (AvgIpc) is 2.17. The normalized spacial score (nSPS) is 9.54. The quantitative estimate of drug-likeness (QED) is 0.821. The first-order valence-corrected chi connectivity index (χ1v) is 4.48. The van der Waals surface area contributed by atoms with Gasteiger partial charge in [0.15, 0.2) is 11.5 Å². The second-order valence-electron chi connectivity index (χ2n) is 2.32. The molecule has 0 aliphatic heterocycles. The topological polar surface area (TPSA) is 27.7 Å². The van der Waals surface area contributed by atoms with Crippen molar-refractivity contribution in [3.63, 3.8) is 0 Å². The van der Waals surface area contributed by atoms with Gasteiger partial charge in [0.2, 0.25) is 0 Å². The third-order valence-corrected chi connectivity index (χ3v) is 2.42. The molecule has 13 heavy (non-hydrogen) atoms. The van der Waals surface area contributed by atoms with Crippen LogP contribution in [0.1, 0.15) is 0 Å². The van der Waals surface area contributed by atoms with E-state index < -0.39 is 0 Å². The van der Waals surface area contributed by atoms with E-state index in [9.17, 15) is 0 Å². The Bertz CT molecular complexity index is 299. The highest BCUT2D eigenvalue weighted by atomic mass is 79.9. The van der Waals surface area contributed by atoms with Gasteiger partial charge in [0.05, 0.1) is 21.3 Å². The molecule has 0 saturated heterocycles. The second-order valence-corrected chi connectivity index (χ2v) is 3.11. The molecule has 0 bridgehead atoms. The highest BCUT2D eigenvalue weighted by Crippen LogP contribution is 2.41. The summed E-state index contributed by atoms with van der Waals surface area (Å²) in [6.45, 7) is 0. The summed E-state index contributed by atoms with van der Waals surface area (Å²) in [6.07, 6.45) is 0. The number of ether oxygens (including phenoxy) is 3. The van der Waals surface area contributed by atoms with E-state index in [2.05, 4.69) is 15.9 Å². The van der Waals surface area contributed by atoms with Crippen LogP contribution >= 0.6 is 15.9 Å². The first-order valence-electron chi connectivity index (χ1n) is 3.69. The van der Waals surface area contributed by atoms with Crippen molar-refractivity contribution >= 4 is 15.9 Å². The van der Waals surface area contributed by atoms with Crippen LogP contribution in [0.4, 0.5) is 0 Å². The number of hydrogen-bond donors (Lipinski definition) is 0. The van der Waals surface area contributed by atoms with Crippen LogP contribution in [0.25, 0.3) is 0 Å². The van der Waals surface area contributed by atoms with Crippen LogP contribution < -0.4 is 14.2 Å². The van der Waals surface area contributed by atoms with E-state index in [4.69, 9.17) is 14.2 Å². The molecule has 72 valence electrons. The van der Waals surface area contributed by atoms with Crippen molar-refractivity contribution in [2.24, 2.45) is 0 Å². The fourth-order valence-corrected chi connectivity index (χ4v) is 1.68. The molecule has 0 unspecified atom stereocenters. The van der Waals surface area contributed by atoms with Gasteiger partial charge in [0, 0.05) is 0 Å². The van der Waals surface area contributed by atoms with Crippen LogP contribution in [-0.4, -0.2) is 21.3 Å². The first kappa shape index (κ1) is 10.2. The van der Waals surface area contributed by atoms with E-state index in [1.54, 1.807) is 27.4 Å². The van der Waals surface area contributed by atoms with Crippen LogP contribution in [0.5, 0.6) is 17.2 Å². The van der Waals surface area contributed by atoms with Crippen LogP contribution in [-0.2, 0) is 0 Å². The number of hydrogen-bond acceptors (Lipinski definition) is 3. The highest BCUT2D eigenvalue weighted by molar-refractivity contribution is 9.10. The van der Waals surface area contributed by atoms with Gasteiger partial charge in [0.1, 0.15) is 10.2 Å². The molecule has 0 aromatic heterocycles. The number of benzene rings is 1. The van der Waals surface area contributed by atoms with Crippen molar-refractivity contribution in [3.8, 4) is 17.2 Å². The van der Waals surface area contributed by atoms with Gasteiger partial charge in [-0.2, -0.15) is 0 Å². The zero-order chi connectivity index (χ0) is 9.84. The summed E-state index contributed by atoms with van der Waals surface area (Å²) in [6, 6.07) is 3.61. The Kier molecular flexibility index (Phi) is 3.42. The molecular weight excluding hydrogens is 236 g/mol. The maximum absolute atomic E-state index is 5.16. The lowest BCUT2D eigenvalue weighted by molar-refractivity contribution is 0.346. The molecule has 0 fully saturated rings. The van der Waals surface area contributed by atoms with Gasteiger partial charge >= 0.3 is 0 Å². The Hall–Kier alpha value is -0.900. The molecule has 1 aromatic rings. The Labute approximate surface area is 85.7 Å². The summed E-state index contributed by atoms with van der Waals surface area (Å²) in [5.41, 5.74) is 0. The summed E-state index contributed by atoms with van der Waals surface area (Å²) in [5, 5.41) is 0. The number of methoxy groups -OCH3 is 3. The lowest BCUT2D eigenvalue weighted by Gasteiger charge is -2.11. The summed E-state index contributed by atoms with van der Waals surface area (Å²) in [7, 11) is 4.78. The summed E-state index contributed by atoms with van der Waals surface area (Å²) >= 11 is 3.36. The van der Waals surface area contributed by atoms with Gasteiger partial charge in [-0.25, -0.2) is 0 Å². The molecule has 0 aliphatic rings. The SMILES string of the molecule is COc1ccc(OC)c(OC)c1Br. The van der Waals surface area contributed by atoms with Crippen LogP contribution in [0.2, 0.25) is 0 Å². The molecule has 4 heteroatoms. The molecule has 0 radical (unpaired) electrons. The molecule has 0 heterocycles. The molecule has 0 saturated carbocycles. The van der Waals surface area contributed by atoms with Crippen molar-refractivity contribution in [3.05, 3.63) is 16.6 Å². The average molecular weight is 247 g/mol. The molecule has 0 aliphatic carbocycles. The Balaban J connectivity index is 3.23. The lowest BCUT2D eigenvalue weighted by atomic mass is 10.3. The zero-order valence-corrected chi connectivity index (χ0v) is 9.34. The smallest absolute Gasteiger partial charge is 0.178 e. The predicted octanol–water partition coefficient (Wildman–Crippen LogP) is 2.47. The minimum Gasteiger partial charge on any atom is -0.495 e. The maximum Gasteiger partial charge on any atom is 0.178 e. The molecule has 0 atom stereocenters. The van der Waals surface area contributed by atoms with Gasteiger partial charge in [-0.1, -0.05) is 0 Å². The summed E-state index contributed by atoms with van der Waals surface area (Å²) < 4.78 is 16.1. The van der Waals surface area contributed by atoms with E-state index in [1.807, 2.05) is 6.07 Å². The van der Waals surface area contributed by atoms with Crippen molar-refractivity contribution < 1.29 is 14.2 Å². The van der Waals surface area contributed by atoms with Crippen LogP contribution in [0.15, 0.2) is 16.6 Å². The van der Waals surface area contributed by atoms with Gasteiger partial charge < -0.3 is 14.2 Å². The Morgan fingerprint density at radius 3 is 1.92 bits per heavy atom.